The maximum atomic E-state index is 2.40. The average Bonchev–Trinajstić information content (AvgIpc) is 2.15. The molecule has 1 aliphatic rings. The van der Waals surface area contributed by atoms with Crippen LogP contribution in [0.25, 0.3) is 0 Å². The fraction of sp³-hybridized carbons (Fsp3) is 0.900. The average molecular weight is 139 g/mol. The molecular weight excluding hydrogens is 120 g/mol. The summed E-state index contributed by atoms with van der Waals surface area (Å²) in [6, 6.07) is 0. The standard InChI is InChI=1S/C10H19/c1-3-10(2)8-6-4-5-7-9-10/h3H,4-9H2,1-2H3. The van der Waals surface area contributed by atoms with Crippen molar-refractivity contribution < 1.29 is 0 Å². The molecule has 0 heteroatoms. The minimum atomic E-state index is 0.580. The molecule has 0 atom stereocenters. The summed E-state index contributed by atoms with van der Waals surface area (Å²) in [7, 11) is 0. The second-order valence-corrected chi connectivity index (χ2v) is 3.86. The van der Waals surface area contributed by atoms with E-state index in [1.807, 2.05) is 0 Å². The van der Waals surface area contributed by atoms with Gasteiger partial charge in [-0.2, -0.15) is 0 Å². The van der Waals surface area contributed by atoms with E-state index in [0.717, 1.165) is 0 Å². The molecule has 0 aromatic rings. The molecule has 1 saturated carbocycles. The monoisotopic (exact) mass is 139 g/mol. The van der Waals surface area contributed by atoms with Crippen LogP contribution in [-0.2, 0) is 0 Å². The van der Waals surface area contributed by atoms with E-state index in [4.69, 9.17) is 0 Å². The van der Waals surface area contributed by atoms with Gasteiger partial charge >= 0.3 is 0 Å². The van der Waals surface area contributed by atoms with Gasteiger partial charge in [-0.1, -0.05) is 39.5 Å². The van der Waals surface area contributed by atoms with E-state index in [2.05, 4.69) is 20.3 Å². The lowest BCUT2D eigenvalue weighted by atomic mass is 9.80. The summed E-state index contributed by atoms with van der Waals surface area (Å²) in [5.41, 5.74) is 0.580. The second kappa shape index (κ2) is 3.41. The molecule has 1 fully saturated rings. The zero-order chi connectivity index (χ0) is 7.45. The van der Waals surface area contributed by atoms with Crippen LogP contribution in [0.4, 0.5) is 0 Å². The van der Waals surface area contributed by atoms with Gasteiger partial charge in [-0.25, -0.2) is 0 Å². The zero-order valence-corrected chi connectivity index (χ0v) is 7.32. The summed E-state index contributed by atoms with van der Waals surface area (Å²) in [6.45, 7) is 4.61. The molecule has 0 unspecified atom stereocenters. The van der Waals surface area contributed by atoms with Crippen LogP contribution in [-0.4, -0.2) is 0 Å². The summed E-state index contributed by atoms with van der Waals surface area (Å²) in [4.78, 5) is 0. The van der Waals surface area contributed by atoms with Crippen molar-refractivity contribution in [3.8, 4) is 0 Å². The molecule has 0 aromatic carbocycles. The van der Waals surface area contributed by atoms with Crippen molar-refractivity contribution in [2.75, 3.05) is 0 Å². The Hall–Kier alpha value is 0. The number of hydrogen-bond donors (Lipinski definition) is 0. The van der Waals surface area contributed by atoms with Crippen LogP contribution >= 0.6 is 0 Å². The van der Waals surface area contributed by atoms with Crippen LogP contribution in [0, 0.1) is 11.8 Å². The minimum Gasteiger partial charge on any atom is -0.0617 e. The van der Waals surface area contributed by atoms with Crippen LogP contribution in [0.1, 0.15) is 52.4 Å². The molecule has 0 spiro atoms. The van der Waals surface area contributed by atoms with E-state index >= 15 is 0 Å². The van der Waals surface area contributed by atoms with Crippen molar-refractivity contribution in [3.63, 3.8) is 0 Å². The molecule has 1 aliphatic carbocycles. The van der Waals surface area contributed by atoms with Crippen LogP contribution in [0.3, 0.4) is 0 Å². The smallest absolute Gasteiger partial charge is 0.0297 e. The van der Waals surface area contributed by atoms with Crippen molar-refractivity contribution in [2.24, 2.45) is 5.41 Å². The minimum absolute atomic E-state index is 0.580. The Morgan fingerprint density at radius 2 is 1.50 bits per heavy atom. The lowest BCUT2D eigenvalue weighted by molar-refractivity contribution is 0.336. The van der Waals surface area contributed by atoms with Gasteiger partial charge in [0, 0.05) is 0 Å². The summed E-state index contributed by atoms with van der Waals surface area (Å²) < 4.78 is 0. The summed E-state index contributed by atoms with van der Waals surface area (Å²) >= 11 is 0. The fourth-order valence-electron chi connectivity index (χ4n) is 1.82. The highest BCUT2D eigenvalue weighted by Gasteiger charge is 2.22. The van der Waals surface area contributed by atoms with Gasteiger partial charge in [-0.3, -0.25) is 0 Å². The third kappa shape index (κ3) is 2.00. The summed E-state index contributed by atoms with van der Waals surface area (Å²) in [6.07, 6.45) is 11.1. The quantitative estimate of drug-likeness (QED) is 0.487. The molecule has 0 nitrogen and oxygen atoms in total. The third-order valence-electron chi connectivity index (χ3n) is 2.94. The highest BCUT2D eigenvalue weighted by Crippen LogP contribution is 2.36. The number of rotatable bonds is 1. The molecule has 0 saturated heterocycles. The van der Waals surface area contributed by atoms with E-state index in [-0.39, 0.29) is 0 Å². The van der Waals surface area contributed by atoms with Crippen molar-refractivity contribution in [3.05, 3.63) is 6.42 Å². The zero-order valence-electron chi connectivity index (χ0n) is 7.32. The Kier molecular flexibility index (Phi) is 2.76. The van der Waals surface area contributed by atoms with Crippen molar-refractivity contribution >= 4 is 0 Å². The Morgan fingerprint density at radius 3 is 1.90 bits per heavy atom. The lowest BCUT2D eigenvalue weighted by Gasteiger charge is -2.25. The predicted molar refractivity (Wildman–Crippen MR) is 45.8 cm³/mol. The molecule has 1 rings (SSSR count). The topological polar surface area (TPSA) is 0 Å². The molecule has 0 aliphatic heterocycles. The highest BCUT2D eigenvalue weighted by atomic mass is 14.3. The van der Waals surface area contributed by atoms with E-state index < -0.39 is 0 Å². The summed E-state index contributed by atoms with van der Waals surface area (Å²) in [5.74, 6) is 0. The third-order valence-corrected chi connectivity index (χ3v) is 2.94. The molecule has 0 N–H and O–H groups in total. The fourth-order valence-corrected chi connectivity index (χ4v) is 1.82. The molecule has 10 heavy (non-hydrogen) atoms. The maximum Gasteiger partial charge on any atom is -0.0297 e. The van der Waals surface area contributed by atoms with Crippen LogP contribution in [0.15, 0.2) is 0 Å². The van der Waals surface area contributed by atoms with Gasteiger partial charge in [-0.15, -0.1) is 0 Å². The summed E-state index contributed by atoms with van der Waals surface area (Å²) in [5, 5.41) is 0. The first-order valence-electron chi connectivity index (χ1n) is 4.57. The molecule has 0 aromatic heterocycles. The van der Waals surface area contributed by atoms with E-state index in [1.54, 1.807) is 0 Å². The molecule has 0 heterocycles. The van der Waals surface area contributed by atoms with Gasteiger partial charge in [0.1, 0.15) is 0 Å². The van der Waals surface area contributed by atoms with Crippen LogP contribution < -0.4 is 0 Å². The lowest BCUT2D eigenvalue weighted by Crippen LogP contribution is -2.13. The van der Waals surface area contributed by atoms with Gasteiger partial charge in [0.15, 0.2) is 0 Å². The van der Waals surface area contributed by atoms with E-state index in [1.165, 1.54) is 38.5 Å². The first-order chi connectivity index (χ1) is 4.77. The molecule has 0 amide bonds. The normalized spacial score (nSPS) is 25.8. The van der Waals surface area contributed by atoms with Gasteiger partial charge in [0.2, 0.25) is 0 Å². The Bertz CT molecular complexity index is 86.2. The molecule has 59 valence electrons. The van der Waals surface area contributed by atoms with Gasteiger partial charge in [0.25, 0.3) is 0 Å². The largest absolute Gasteiger partial charge is 0.0617 e. The van der Waals surface area contributed by atoms with Crippen LogP contribution in [0.2, 0.25) is 0 Å². The maximum absolute atomic E-state index is 2.40. The van der Waals surface area contributed by atoms with Crippen molar-refractivity contribution in [1.82, 2.24) is 0 Å². The Labute approximate surface area is 65.0 Å². The highest BCUT2D eigenvalue weighted by molar-refractivity contribution is 4.86. The van der Waals surface area contributed by atoms with Gasteiger partial charge < -0.3 is 0 Å². The Morgan fingerprint density at radius 1 is 1.00 bits per heavy atom. The molecule has 1 radical (unpaired) electrons. The van der Waals surface area contributed by atoms with Crippen molar-refractivity contribution in [2.45, 2.75) is 52.4 Å². The van der Waals surface area contributed by atoms with E-state index in [0.29, 0.717) is 5.41 Å². The Balaban J connectivity index is 2.41. The first-order valence-corrected chi connectivity index (χ1v) is 4.57. The predicted octanol–water partition coefficient (Wildman–Crippen LogP) is 3.57. The van der Waals surface area contributed by atoms with Gasteiger partial charge in [-0.05, 0) is 24.7 Å². The van der Waals surface area contributed by atoms with Crippen molar-refractivity contribution in [1.29, 1.82) is 0 Å². The van der Waals surface area contributed by atoms with Gasteiger partial charge in [0.05, 0.1) is 0 Å². The van der Waals surface area contributed by atoms with Crippen LogP contribution in [0.5, 0.6) is 0 Å². The SMILES string of the molecule is C[CH]C1(C)CCCCCC1. The molecule has 0 bridgehead atoms. The van der Waals surface area contributed by atoms with E-state index in [9.17, 15) is 0 Å². The second-order valence-electron chi connectivity index (χ2n) is 3.86. The molecular formula is C10H19. The first kappa shape index (κ1) is 8.10. The number of hydrogen-bond acceptors (Lipinski definition) is 0.